The summed E-state index contributed by atoms with van der Waals surface area (Å²) in [6.45, 7) is 0.892. The molecule has 72 valence electrons. The number of hydrogen-bond acceptors (Lipinski definition) is 2. The van der Waals surface area contributed by atoms with Crippen LogP contribution in [0, 0.1) is 11.6 Å². The zero-order valence-electron chi connectivity index (χ0n) is 7.09. The molecule has 0 atom stereocenters. The predicted octanol–water partition coefficient (Wildman–Crippen LogP) is 1.44. The van der Waals surface area contributed by atoms with Gasteiger partial charge in [0, 0.05) is 18.2 Å². The first kappa shape index (κ1) is 10.1. The Morgan fingerprint density at radius 3 is 2.69 bits per heavy atom. The molecule has 0 aromatic heterocycles. The van der Waals surface area contributed by atoms with Crippen LogP contribution in [0.3, 0.4) is 0 Å². The molecule has 2 nitrogen and oxygen atoms in total. The Bertz CT molecular complexity index is 278. The molecule has 0 aliphatic carbocycles. The summed E-state index contributed by atoms with van der Waals surface area (Å²) in [4.78, 5) is 0. The molecular weight excluding hydrogens is 176 g/mol. The summed E-state index contributed by atoms with van der Waals surface area (Å²) in [5.41, 5.74) is 5.52. The molecular formula is C9H11F2NO. The lowest BCUT2D eigenvalue weighted by Gasteiger charge is -2.03. The normalized spacial score (nSPS) is 10.4. The topological polar surface area (TPSA) is 35.2 Å². The van der Waals surface area contributed by atoms with Gasteiger partial charge in [-0.1, -0.05) is 6.07 Å². The summed E-state index contributed by atoms with van der Waals surface area (Å²) in [5, 5.41) is 0. The van der Waals surface area contributed by atoms with E-state index in [0.29, 0.717) is 18.7 Å². The summed E-state index contributed by atoms with van der Waals surface area (Å²) >= 11 is 0. The minimum Gasteiger partial charge on any atom is -0.375 e. The number of ether oxygens (including phenoxy) is 1. The van der Waals surface area contributed by atoms with Crippen LogP contribution in [-0.2, 0) is 11.3 Å². The van der Waals surface area contributed by atoms with Crippen molar-refractivity contribution in [3.05, 3.63) is 35.4 Å². The van der Waals surface area contributed by atoms with E-state index < -0.39 is 11.6 Å². The largest absolute Gasteiger partial charge is 0.375 e. The third-order valence-corrected chi connectivity index (χ3v) is 1.53. The Kier molecular flexibility index (Phi) is 3.79. The number of benzene rings is 1. The van der Waals surface area contributed by atoms with E-state index in [9.17, 15) is 8.78 Å². The van der Waals surface area contributed by atoms with Crippen molar-refractivity contribution >= 4 is 0 Å². The van der Waals surface area contributed by atoms with Crippen molar-refractivity contribution in [1.29, 1.82) is 0 Å². The lowest BCUT2D eigenvalue weighted by molar-refractivity contribution is 0.125. The molecule has 0 saturated heterocycles. The van der Waals surface area contributed by atoms with Crippen LogP contribution in [0.15, 0.2) is 18.2 Å². The van der Waals surface area contributed by atoms with Gasteiger partial charge in [-0.15, -0.1) is 0 Å². The van der Waals surface area contributed by atoms with Gasteiger partial charge in [0.2, 0.25) is 0 Å². The molecule has 1 rings (SSSR count). The Morgan fingerprint density at radius 2 is 2.08 bits per heavy atom. The van der Waals surface area contributed by atoms with E-state index in [-0.39, 0.29) is 6.61 Å². The number of hydrogen-bond donors (Lipinski definition) is 1. The molecule has 0 unspecified atom stereocenters. The molecule has 1 aromatic carbocycles. The van der Waals surface area contributed by atoms with Gasteiger partial charge in [-0.05, 0) is 6.07 Å². The van der Waals surface area contributed by atoms with E-state index in [1.165, 1.54) is 12.1 Å². The number of halogens is 2. The molecule has 2 N–H and O–H groups in total. The van der Waals surface area contributed by atoms with Crippen LogP contribution < -0.4 is 5.73 Å². The van der Waals surface area contributed by atoms with Crippen molar-refractivity contribution in [3.8, 4) is 0 Å². The Morgan fingerprint density at radius 1 is 1.31 bits per heavy atom. The van der Waals surface area contributed by atoms with Crippen LogP contribution in [-0.4, -0.2) is 13.2 Å². The average Bonchev–Trinajstić information content (AvgIpc) is 2.09. The van der Waals surface area contributed by atoms with E-state index in [1.807, 2.05) is 0 Å². The smallest absolute Gasteiger partial charge is 0.131 e. The van der Waals surface area contributed by atoms with E-state index >= 15 is 0 Å². The third kappa shape index (κ3) is 3.08. The van der Waals surface area contributed by atoms with Gasteiger partial charge in [0.15, 0.2) is 0 Å². The first-order valence-corrected chi connectivity index (χ1v) is 3.96. The molecule has 0 fully saturated rings. The van der Waals surface area contributed by atoms with Crippen LogP contribution in [0.5, 0.6) is 0 Å². The van der Waals surface area contributed by atoms with Crippen molar-refractivity contribution < 1.29 is 13.5 Å². The van der Waals surface area contributed by atoms with E-state index in [4.69, 9.17) is 10.5 Å². The standard InChI is InChI=1S/C9H11F2NO/c10-8-2-1-7(9(11)5-8)6-13-4-3-12/h1-2,5H,3-4,6,12H2. The van der Waals surface area contributed by atoms with E-state index in [2.05, 4.69) is 0 Å². The second-order valence-corrected chi connectivity index (χ2v) is 2.58. The molecule has 0 radical (unpaired) electrons. The van der Waals surface area contributed by atoms with Crippen molar-refractivity contribution in [2.24, 2.45) is 5.73 Å². The van der Waals surface area contributed by atoms with Crippen LogP contribution in [0.4, 0.5) is 8.78 Å². The molecule has 0 bridgehead atoms. The van der Waals surface area contributed by atoms with Gasteiger partial charge in [0.1, 0.15) is 11.6 Å². The fraction of sp³-hybridized carbons (Fsp3) is 0.333. The first-order valence-electron chi connectivity index (χ1n) is 3.96. The van der Waals surface area contributed by atoms with Crippen molar-refractivity contribution in [2.75, 3.05) is 13.2 Å². The molecule has 13 heavy (non-hydrogen) atoms. The highest BCUT2D eigenvalue weighted by Crippen LogP contribution is 2.10. The molecule has 0 spiro atoms. The summed E-state index contributed by atoms with van der Waals surface area (Å²) in [6, 6.07) is 3.40. The maximum absolute atomic E-state index is 12.9. The molecule has 1 aromatic rings. The van der Waals surface area contributed by atoms with Crippen LogP contribution >= 0.6 is 0 Å². The van der Waals surface area contributed by atoms with Gasteiger partial charge in [-0.25, -0.2) is 8.78 Å². The van der Waals surface area contributed by atoms with Crippen LogP contribution in [0.25, 0.3) is 0 Å². The fourth-order valence-corrected chi connectivity index (χ4v) is 0.904. The van der Waals surface area contributed by atoms with Crippen molar-refractivity contribution in [2.45, 2.75) is 6.61 Å². The van der Waals surface area contributed by atoms with E-state index in [0.717, 1.165) is 6.07 Å². The SMILES string of the molecule is NCCOCc1ccc(F)cc1F. The number of rotatable bonds is 4. The minimum absolute atomic E-state index is 0.128. The maximum Gasteiger partial charge on any atom is 0.131 e. The maximum atomic E-state index is 12.9. The van der Waals surface area contributed by atoms with E-state index in [1.54, 1.807) is 0 Å². The monoisotopic (exact) mass is 187 g/mol. The predicted molar refractivity (Wildman–Crippen MR) is 45.1 cm³/mol. The summed E-state index contributed by atoms with van der Waals surface area (Å²) in [5.74, 6) is -1.17. The summed E-state index contributed by atoms with van der Waals surface area (Å²) in [7, 11) is 0. The highest BCUT2D eigenvalue weighted by atomic mass is 19.1. The fourth-order valence-electron chi connectivity index (χ4n) is 0.904. The molecule has 0 aliphatic rings. The average molecular weight is 187 g/mol. The quantitative estimate of drug-likeness (QED) is 0.724. The summed E-state index contributed by atoms with van der Waals surface area (Å²) in [6.07, 6.45) is 0. The van der Waals surface area contributed by atoms with Gasteiger partial charge in [-0.2, -0.15) is 0 Å². The van der Waals surface area contributed by atoms with Gasteiger partial charge in [0.05, 0.1) is 13.2 Å². The zero-order chi connectivity index (χ0) is 9.68. The molecule has 0 amide bonds. The van der Waals surface area contributed by atoms with Crippen LogP contribution in [0.2, 0.25) is 0 Å². The molecule has 0 aliphatic heterocycles. The first-order chi connectivity index (χ1) is 6.24. The molecule has 0 saturated carbocycles. The second-order valence-electron chi connectivity index (χ2n) is 2.58. The highest BCUT2D eigenvalue weighted by molar-refractivity contribution is 5.17. The number of nitrogens with two attached hydrogens (primary N) is 1. The zero-order valence-corrected chi connectivity index (χ0v) is 7.09. The highest BCUT2D eigenvalue weighted by Gasteiger charge is 2.02. The minimum atomic E-state index is -0.586. The summed E-state index contributed by atoms with van der Waals surface area (Å²) < 4.78 is 30.4. The lowest BCUT2D eigenvalue weighted by Crippen LogP contribution is -2.08. The lowest BCUT2D eigenvalue weighted by atomic mass is 10.2. The molecule has 0 heterocycles. The molecule has 4 heteroatoms. The van der Waals surface area contributed by atoms with Gasteiger partial charge in [0.25, 0.3) is 0 Å². The van der Waals surface area contributed by atoms with Crippen molar-refractivity contribution in [3.63, 3.8) is 0 Å². The Labute approximate surface area is 75.3 Å². The van der Waals surface area contributed by atoms with Gasteiger partial charge >= 0.3 is 0 Å². The third-order valence-electron chi connectivity index (χ3n) is 1.53. The van der Waals surface area contributed by atoms with Gasteiger partial charge in [-0.3, -0.25) is 0 Å². The van der Waals surface area contributed by atoms with Crippen LogP contribution in [0.1, 0.15) is 5.56 Å². The second kappa shape index (κ2) is 4.89. The Balaban J connectivity index is 2.56. The Hall–Kier alpha value is -1.00. The van der Waals surface area contributed by atoms with Crippen molar-refractivity contribution in [1.82, 2.24) is 0 Å². The van der Waals surface area contributed by atoms with Gasteiger partial charge < -0.3 is 10.5 Å².